The number of H-pyrrole nitrogens is 1. The third kappa shape index (κ3) is 2.23. The van der Waals surface area contributed by atoms with Crippen LogP contribution in [0.25, 0.3) is 5.69 Å². The molecule has 2 aromatic carbocycles. The average molecular weight is 289 g/mol. The lowest BCUT2D eigenvalue weighted by Crippen LogP contribution is -2.20. The third-order valence-electron chi connectivity index (χ3n) is 3.28. The lowest BCUT2D eigenvalue weighted by atomic mass is 10.0. The van der Waals surface area contributed by atoms with Crippen molar-refractivity contribution in [3.05, 3.63) is 87.8 Å². The molecule has 1 heterocycles. The van der Waals surface area contributed by atoms with E-state index in [0.29, 0.717) is 11.3 Å². The van der Waals surface area contributed by atoms with Gasteiger partial charge >= 0.3 is 0 Å². The smallest absolute Gasteiger partial charge is 0.283 e. The number of hydrogen-bond acceptors (Lipinski definition) is 3. The van der Waals surface area contributed by atoms with Crippen LogP contribution in [-0.2, 0) is 0 Å². The number of para-hydroxylation sites is 1. The van der Waals surface area contributed by atoms with Gasteiger partial charge in [-0.2, -0.15) is 5.26 Å². The number of carbonyl (C=O) groups excluding carboxylic acids is 1. The fourth-order valence-corrected chi connectivity index (χ4v) is 2.22. The Morgan fingerprint density at radius 1 is 1.00 bits per heavy atom. The van der Waals surface area contributed by atoms with Crippen LogP contribution in [-0.4, -0.2) is 15.6 Å². The molecule has 5 nitrogen and oxygen atoms in total. The SMILES string of the molecule is N#Cc1[nH]n(-c2ccccc2)c(=O)c1C(=O)c1ccccc1. The van der Waals surface area contributed by atoms with Crippen LogP contribution in [0.2, 0.25) is 0 Å². The molecule has 0 unspecified atom stereocenters. The molecule has 1 N–H and O–H groups in total. The molecular formula is C17H11N3O2. The molecule has 0 aliphatic carbocycles. The zero-order chi connectivity index (χ0) is 15.5. The van der Waals surface area contributed by atoms with Gasteiger partial charge in [0.15, 0.2) is 0 Å². The number of aromatic nitrogens is 2. The van der Waals surface area contributed by atoms with Gasteiger partial charge < -0.3 is 0 Å². The first-order valence-electron chi connectivity index (χ1n) is 6.62. The zero-order valence-electron chi connectivity index (χ0n) is 11.5. The van der Waals surface area contributed by atoms with Crippen molar-refractivity contribution < 1.29 is 4.79 Å². The summed E-state index contributed by atoms with van der Waals surface area (Å²) in [6.07, 6.45) is 0. The predicted octanol–water partition coefficient (Wildman–Crippen LogP) is 2.27. The van der Waals surface area contributed by atoms with E-state index in [1.54, 1.807) is 54.6 Å². The third-order valence-corrected chi connectivity index (χ3v) is 3.28. The van der Waals surface area contributed by atoms with Gasteiger partial charge in [-0.15, -0.1) is 0 Å². The van der Waals surface area contributed by atoms with E-state index in [4.69, 9.17) is 0 Å². The maximum absolute atomic E-state index is 12.5. The summed E-state index contributed by atoms with van der Waals surface area (Å²) in [6, 6.07) is 19.1. The molecule has 1 aromatic heterocycles. The summed E-state index contributed by atoms with van der Waals surface area (Å²) in [5.74, 6) is -0.465. The molecule has 0 amide bonds. The molecule has 0 spiro atoms. The Morgan fingerprint density at radius 3 is 2.18 bits per heavy atom. The molecule has 0 aliphatic heterocycles. The molecule has 0 aliphatic rings. The summed E-state index contributed by atoms with van der Waals surface area (Å²) < 4.78 is 1.20. The molecule has 0 saturated heterocycles. The van der Waals surface area contributed by atoms with Crippen LogP contribution < -0.4 is 5.56 Å². The Labute approximate surface area is 126 Å². The first-order chi connectivity index (χ1) is 10.7. The summed E-state index contributed by atoms with van der Waals surface area (Å²) in [4.78, 5) is 25.0. The van der Waals surface area contributed by atoms with Gasteiger partial charge in [0, 0.05) is 5.56 Å². The van der Waals surface area contributed by atoms with Gasteiger partial charge in [0.1, 0.15) is 17.3 Å². The van der Waals surface area contributed by atoms with E-state index >= 15 is 0 Å². The zero-order valence-corrected chi connectivity index (χ0v) is 11.5. The van der Waals surface area contributed by atoms with E-state index in [-0.39, 0.29) is 11.3 Å². The van der Waals surface area contributed by atoms with Gasteiger partial charge in [0.25, 0.3) is 5.56 Å². The minimum absolute atomic E-state index is 0.0392. The van der Waals surface area contributed by atoms with Crippen LogP contribution in [0.1, 0.15) is 21.6 Å². The van der Waals surface area contributed by atoms with Gasteiger partial charge in [-0.3, -0.25) is 14.7 Å². The Morgan fingerprint density at radius 2 is 1.59 bits per heavy atom. The Kier molecular flexibility index (Phi) is 3.42. The van der Waals surface area contributed by atoms with Gasteiger partial charge in [-0.05, 0) is 12.1 Å². The molecule has 0 bridgehead atoms. The average Bonchev–Trinajstić information content (AvgIpc) is 2.92. The lowest BCUT2D eigenvalue weighted by molar-refractivity contribution is 0.103. The second-order valence-electron chi connectivity index (χ2n) is 4.64. The normalized spacial score (nSPS) is 10.1. The molecule has 22 heavy (non-hydrogen) atoms. The summed E-state index contributed by atoms with van der Waals surface area (Å²) in [6.45, 7) is 0. The van der Waals surface area contributed by atoms with Crippen LogP contribution >= 0.6 is 0 Å². The van der Waals surface area contributed by atoms with Crippen LogP contribution in [0.5, 0.6) is 0 Å². The van der Waals surface area contributed by atoms with Crippen LogP contribution in [0.15, 0.2) is 65.5 Å². The van der Waals surface area contributed by atoms with Crippen LogP contribution in [0.3, 0.4) is 0 Å². The number of ketones is 1. The van der Waals surface area contributed by atoms with E-state index in [2.05, 4.69) is 5.10 Å². The van der Waals surface area contributed by atoms with Gasteiger partial charge in [-0.25, -0.2) is 4.68 Å². The predicted molar refractivity (Wildman–Crippen MR) is 81.0 cm³/mol. The molecule has 5 heteroatoms. The maximum Gasteiger partial charge on any atom is 0.283 e. The minimum Gasteiger partial charge on any atom is -0.288 e. The highest BCUT2D eigenvalue weighted by Crippen LogP contribution is 2.12. The summed E-state index contributed by atoms with van der Waals surface area (Å²) >= 11 is 0. The Balaban J connectivity index is 2.18. The number of carbonyl (C=O) groups is 1. The van der Waals surface area contributed by atoms with Crippen LogP contribution in [0.4, 0.5) is 0 Å². The number of aromatic amines is 1. The van der Waals surface area contributed by atoms with Gasteiger partial charge in [0.2, 0.25) is 5.78 Å². The highest BCUT2D eigenvalue weighted by Gasteiger charge is 2.22. The minimum atomic E-state index is -0.531. The molecule has 3 rings (SSSR count). The summed E-state index contributed by atoms with van der Waals surface area (Å²) in [5.41, 5.74) is 0.225. The number of rotatable bonds is 3. The van der Waals surface area contributed by atoms with Crippen molar-refractivity contribution in [2.75, 3.05) is 0 Å². The molecule has 0 atom stereocenters. The summed E-state index contributed by atoms with van der Waals surface area (Å²) in [5, 5.41) is 11.9. The molecular weight excluding hydrogens is 278 g/mol. The van der Waals surface area contributed by atoms with Crippen molar-refractivity contribution in [3.8, 4) is 11.8 Å². The van der Waals surface area contributed by atoms with Crippen molar-refractivity contribution in [2.45, 2.75) is 0 Å². The molecule has 0 saturated carbocycles. The molecule has 106 valence electrons. The van der Waals surface area contributed by atoms with Crippen molar-refractivity contribution >= 4 is 5.78 Å². The van der Waals surface area contributed by atoms with E-state index in [9.17, 15) is 14.9 Å². The van der Waals surface area contributed by atoms with Gasteiger partial charge in [-0.1, -0.05) is 48.5 Å². The fourth-order valence-electron chi connectivity index (χ4n) is 2.22. The molecule has 3 aromatic rings. The van der Waals surface area contributed by atoms with Crippen molar-refractivity contribution in [2.24, 2.45) is 0 Å². The van der Waals surface area contributed by atoms with Gasteiger partial charge in [0.05, 0.1) is 5.69 Å². The maximum atomic E-state index is 12.5. The van der Waals surface area contributed by atoms with E-state index < -0.39 is 11.3 Å². The van der Waals surface area contributed by atoms with Crippen molar-refractivity contribution in [1.29, 1.82) is 5.26 Å². The quantitative estimate of drug-likeness (QED) is 0.751. The van der Waals surface area contributed by atoms with Crippen LogP contribution in [0, 0.1) is 11.3 Å². The van der Waals surface area contributed by atoms with E-state index in [1.807, 2.05) is 12.1 Å². The fraction of sp³-hybridized carbons (Fsp3) is 0. The van der Waals surface area contributed by atoms with Crippen molar-refractivity contribution in [1.82, 2.24) is 9.78 Å². The highest BCUT2D eigenvalue weighted by molar-refractivity contribution is 6.10. The lowest BCUT2D eigenvalue weighted by Gasteiger charge is -1.99. The highest BCUT2D eigenvalue weighted by atomic mass is 16.2. The number of benzene rings is 2. The first kappa shape index (κ1) is 13.6. The number of nitrogens with one attached hydrogen (secondary N) is 1. The number of nitrogens with zero attached hydrogens (tertiary/aromatic N) is 2. The largest absolute Gasteiger partial charge is 0.288 e. The Hall–Kier alpha value is -3.39. The first-order valence-corrected chi connectivity index (χ1v) is 6.62. The van der Waals surface area contributed by atoms with Crippen molar-refractivity contribution in [3.63, 3.8) is 0 Å². The number of nitriles is 1. The topological polar surface area (TPSA) is 78.7 Å². The van der Waals surface area contributed by atoms with E-state index in [1.165, 1.54) is 4.68 Å². The Bertz CT molecular complexity index is 916. The second kappa shape index (κ2) is 5.54. The molecule has 0 fully saturated rings. The standard InChI is InChI=1S/C17H11N3O2/c18-11-14-15(16(21)12-7-3-1-4-8-12)17(22)20(19-14)13-9-5-2-6-10-13/h1-10,19H. The summed E-state index contributed by atoms with van der Waals surface area (Å²) in [7, 11) is 0. The monoisotopic (exact) mass is 289 g/mol. The molecule has 0 radical (unpaired) electrons. The van der Waals surface area contributed by atoms with E-state index in [0.717, 1.165) is 0 Å². The number of hydrogen-bond donors (Lipinski definition) is 1. The second-order valence-corrected chi connectivity index (χ2v) is 4.64.